The summed E-state index contributed by atoms with van der Waals surface area (Å²) in [6.45, 7) is 1.91. The number of hydrogen-bond acceptors (Lipinski definition) is 4. The van der Waals surface area contributed by atoms with Crippen LogP contribution in [-0.4, -0.2) is 33.2 Å². The van der Waals surface area contributed by atoms with E-state index >= 15 is 0 Å². The van der Waals surface area contributed by atoms with Gasteiger partial charge in [-0.3, -0.25) is 0 Å². The van der Waals surface area contributed by atoms with Gasteiger partial charge in [0.15, 0.2) is 0 Å². The summed E-state index contributed by atoms with van der Waals surface area (Å²) in [6, 6.07) is 9.97. The molecule has 0 aliphatic heterocycles. The molecule has 2 aromatic rings. The number of methoxy groups -OCH3 is 1. The van der Waals surface area contributed by atoms with Crippen molar-refractivity contribution in [2.75, 3.05) is 12.4 Å². The van der Waals surface area contributed by atoms with Gasteiger partial charge in [-0.25, -0.2) is 17.6 Å². The molecule has 0 aromatic heterocycles. The predicted octanol–water partition coefficient (Wildman–Crippen LogP) is 2.96. The minimum absolute atomic E-state index is 0.00457. The van der Waals surface area contributed by atoms with Crippen LogP contribution in [0.5, 0.6) is 0 Å². The zero-order chi connectivity index (χ0) is 18.9. The first-order valence-corrected chi connectivity index (χ1v) is 9.46. The van der Waals surface area contributed by atoms with Crippen molar-refractivity contribution in [2.24, 2.45) is 0 Å². The third-order valence-electron chi connectivity index (χ3n) is 4.50. The highest BCUT2D eigenvalue weighted by Gasteiger charge is 2.51. The van der Waals surface area contributed by atoms with Gasteiger partial charge in [0.1, 0.15) is 5.82 Å². The third-order valence-corrected chi connectivity index (χ3v) is 6.29. The molecule has 2 aromatic carbocycles. The Morgan fingerprint density at radius 2 is 1.65 bits per heavy atom. The summed E-state index contributed by atoms with van der Waals surface area (Å²) in [6.07, 6.45) is 0.742. The quantitative estimate of drug-likeness (QED) is 0.784. The Hall–Kier alpha value is -2.45. The van der Waals surface area contributed by atoms with Crippen molar-refractivity contribution in [2.45, 2.75) is 34.8 Å². The lowest BCUT2D eigenvalue weighted by atomic mass is 10.3. The molecular formula is C18H19FN2O4S. The van der Waals surface area contributed by atoms with Crippen LogP contribution in [0.2, 0.25) is 0 Å². The van der Waals surface area contributed by atoms with Gasteiger partial charge in [-0.05, 0) is 55.5 Å². The number of anilines is 1. The third kappa shape index (κ3) is 3.71. The van der Waals surface area contributed by atoms with Gasteiger partial charge in [0.2, 0.25) is 9.84 Å². The number of rotatable bonds is 5. The SMILES string of the molecule is CO[C@@]1(C)C[C@H]1NC(=O)Nc1ccc(S(=O)(=O)c2ccc(F)cc2)cc1. The van der Waals surface area contributed by atoms with E-state index in [9.17, 15) is 17.6 Å². The van der Waals surface area contributed by atoms with Gasteiger partial charge in [-0.1, -0.05) is 0 Å². The summed E-state index contributed by atoms with van der Waals surface area (Å²) in [5.74, 6) is -0.505. The molecule has 0 saturated heterocycles. The molecule has 0 unspecified atom stereocenters. The van der Waals surface area contributed by atoms with Crippen molar-refractivity contribution in [1.82, 2.24) is 5.32 Å². The molecule has 2 atom stereocenters. The highest BCUT2D eigenvalue weighted by Crippen LogP contribution is 2.38. The van der Waals surface area contributed by atoms with Crippen LogP contribution >= 0.6 is 0 Å². The lowest BCUT2D eigenvalue weighted by Gasteiger charge is -2.11. The maximum atomic E-state index is 13.0. The lowest BCUT2D eigenvalue weighted by Crippen LogP contribution is -2.35. The molecule has 1 aliphatic carbocycles. The van der Waals surface area contributed by atoms with Gasteiger partial charge in [0, 0.05) is 19.2 Å². The molecular weight excluding hydrogens is 359 g/mol. The van der Waals surface area contributed by atoms with Crippen molar-refractivity contribution >= 4 is 21.6 Å². The van der Waals surface area contributed by atoms with E-state index in [1.807, 2.05) is 6.92 Å². The summed E-state index contributed by atoms with van der Waals surface area (Å²) in [7, 11) is -2.14. The smallest absolute Gasteiger partial charge is 0.319 e. The van der Waals surface area contributed by atoms with Gasteiger partial charge in [-0.2, -0.15) is 0 Å². The van der Waals surface area contributed by atoms with Crippen LogP contribution in [0, 0.1) is 5.82 Å². The van der Waals surface area contributed by atoms with Crippen LogP contribution in [0.25, 0.3) is 0 Å². The molecule has 8 heteroatoms. The van der Waals surface area contributed by atoms with Crippen molar-refractivity contribution in [1.29, 1.82) is 0 Å². The number of nitrogens with one attached hydrogen (secondary N) is 2. The number of carbonyl (C=O) groups excluding carboxylic acids is 1. The maximum Gasteiger partial charge on any atom is 0.319 e. The van der Waals surface area contributed by atoms with E-state index in [4.69, 9.17) is 4.74 Å². The number of halogens is 1. The fourth-order valence-corrected chi connectivity index (χ4v) is 3.83. The van der Waals surface area contributed by atoms with E-state index in [0.29, 0.717) is 5.69 Å². The monoisotopic (exact) mass is 378 g/mol. The number of urea groups is 1. The minimum atomic E-state index is -3.74. The molecule has 0 bridgehead atoms. The van der Waals surface area contributed by atoms with Crippen LogP contribution < -0.4 is 10.6 Å². The van der Waals surface area contributed by atoms with Crippen molar-refractivity contribution in [3.8, 4) is 0 Å². The summed E-state index contributed by atoms with van der Waals surface area (Å²) in [4.78, 5) is 12.0. The molecule has 138 valence electrons. The molecule has 1 saturated carbocycles. The van der Waals surface area contributed by atoms with Crippen molar-refractivity contribution in [3.05, 3.63) is 54.3 Å². The second kappa shape index (κ2) is 6.69. The molecule has 0 radical (unpaired) electrons. The van der Waals surface area contributed by atoms with Crippen LogP contribution in [0.1, 0.15) is 13.3 Å². The van der Waals surface area contributed by atoms with E-state index in [1.54, 1.807) is 7.11 Å². The molecule has 6 nitrogen and oxygen atoms in total. The summed E-state index contributed by atoms with van der Waals surface area (Å²) in [5.41, 5.74) is 0.130. The second-order valence-electron chi connectivity index (χ2n) is 6.35. The zero-order valence-electron chi connectivity index (χ0n) is 14.3. The van der Waals surface area contributed by atoms with Crippen LogP contribution in [0.15, 0.2) is 58.3 Å². The van der Waals surface area contributed by atoms with E-state index < -0.39 is 15.7 Å². The Bertz CT molecular complexity index is 913. The number of amides is 2. The Labute approximate surface area is 151 Å². The number of ether oxygens (including phenoxy) is 1. The van der Waals surface area contributed by atoms with Gasteiger partial charge in [0.05, 0.1) is 21.4 Å². The first kappa shape index (κ1) is 18.3. The Kier molecular flexibility index (Phi) is 4.72. The van der Waals surface area contributed by atoms with E-state index in [2.05, 4.69) is 10.6 Å². The topological polar surface area (TPSA) is 84.5 Å². The molecule has 2 N–H and O–H groups in total. The fraction of sp³-hybridized carbons (Fsp3) is 0.278. The van der Waals surface area contributed by atoms with Crippen LogP contribution in [-0.2, 0) is 14.6 Å². The molecule has 26 heavy (non-hydrogen) atoms. The summed E-state index contributed by atoms with van der Waals surface area (Å²) < 4.78 is 43.3. The highest BCUT2D eigenvalue weighted by atomic mass is 32.2. The average Bonchev–Trinajstić information content (AvgIpc) is 3.25. The van der Waals surface area contributed by atoms with E-state index in [1.165, 1.54) is 36.4 Å². The van der Waals surface area contributed by atoms with Gasteiger partial charge in [0.25, 0.3) is 0 Å². The number of benzene rings is 2. The number of carbonyl (C=O) groups is 1. The largest absolute Gasteiger partial charge is 0.376 e. The number of sulfone groups is 1. The molecule has 1 aliphatic rings. The van der Waals surface area contributed by atoms with Crippen molar-refractivity contribution < 1.29 is 22.3 Å². The summed E-state index contributed by atoms with van der Waals surface area (Å²) >= 11 is 0. The molecule has 0 heterocycles. The Balaban J connectivity index is 1.67. The molecule has 3 rings (SSSR count). The molecule has 2 amide bonds. The maximum absolute atomic E-state index is 13.0. The Morgan fingerprint density at radius 3 is 2.15 bits per heavy atom. The zero-order valence-corrected chi connectivity index (χ0v) is 15.1. The predicted molar refractivity (Wildman–Crippen MR) is 94.3 cm³/mol. The fourth-order valence-electron chi connectivity index (χ4n) is 2.57. The number of hydrogen-bond donors (Lipinski definition) is 2. The standard InChI is InChI=1S/C18H19FN2O4S/c1-18(25-2)11-16(18)21-17(22)20-13-5-9-15(10-6-13)26(23,24)14-7-3-12(19)4-8-14/h3-10,16H,11H2,1-2H3,(H2,20,21,22)/t16-,18+/m1/s1. The Morgan fingerprint density at radius 1 is 1.12 bits per heavy atom. The van der Waals surface area contributed by atoms with E-state index in [0.717, 1.165) is 18.6 Å². The normalized spacial score (nSPS) is 21.9. The molecule has 0 spiro atoms. The first-order valence-electron chi connectivity index (χ1n) is 7.98. The van der Waals surface area contributed by atoms with Gasteiger partial charge < -0.3 is 15.4 Å². The minimum Gasteiger partial charge on any atom is -0.376 e. The van der Waals surface area contributed by atoms with E-state index in [-0.39, 0.29) is 27.5 Å². The van der Waals surface area contributed by atoms with Gasteiger partial charge in [-0.15, -0.1) is 0 Å². The average molecular weight is 378 g/mol. The summed E-state index contributed by atoms with van der Waals surface area (Å²) in [5, 5.41) is 5.44. The first-order chi connectivity index (χ1) is 12.2. The lowest BCUT2D eigenvalue weighted by molar-refractivity contribution is 0.0885. The second-order valence-corrected chi connectivity index (χ2v) is 8.30. The molecule has 1 fully saturated rings. The van der Waals surface area contributed by atoms with Crippen LogP contribution in [0.4, 0.5) is 14.9 Å². The van der Waals surface area contributed by atoms with Crippen LogP contribution in [0.3, 0.4) is 0 Å². The van der Waals surface area contributed by atoms with Crippen molar-refractivity contribution in [3.63, 3.8) is 0 Å². The highest BCUT2D eigenvalue weighted by molar-refractivity contribution is 7.91. The van der Waals surface area contributed by atoms with Gasteiger partial charge >= 0.3 is 6.03 Å².